The molecule has 0 spiro atoms. The number of benzene rings is 1. The summed E-state index contributed by atoms with van der Waals surface area (Å²) in [5, 5.41) is 2.75. The predicted octanol–water partition coefficient (Wildman–Crippen LogP) is 3.12. The second-order valence-corrected chi connectivity index (χ2v) is 5.05. The zero-order valence-corrected chi connectivity index (χ0v) is 13.9. The molecule has 0 unspecified atom stereocenters. The van der Waals surface area contributed by atoms with E-state index in [1.807, 2.05) is 0 Å². The number of methoxy groups -OCH3 is 3. The summed E-state index contributed by atoms with van der Waals surface area (Å²) >= 11 is 3.24. The van der Waals surface area contributed by atoms with E-state index in [-0.39, 0.29) is 5.91 Å². The first-order valence-corrected chi connectivity index (χ1v) is 7.11. The smallest absolute Gasteiger partial charge is 0.255 e. The lowest BCUT2D eigenvalue weighted by Crippen LogP contribution is -2.12. The number of nitrogens with one attached hydrogen (secondary N) is 1. The van der Waals surface area contributed by atoms with Gasteiger partial charge in [-0.3, -0.25) is 4.79 Å². The Balaban J connectivity index is 2.31. The molecule has 116 valence electrons. The number of anilines is 1. The molecule has 1 amide bonds. The average Bonchev–Trinajstić information content (AvgIpc) is 2.55. The van der Waals surface area contributed by atoms with Crippen LogP contribution < -0.4 is 19.5 Å². The zero-order valence-electron chi connectivity index (χ0n) is 12.3. The second kappa shape index (κ2) is 7.13. The van der Waals surface area contributed by atoms with Crippen LogP contribution in [-0.4, -0.2) is 32.2 Å². The van der Waals surface area contributed by atoms with Crippen molar-refractivity contribution in [2.24, 2.45) is 0 Å². The van der Waals surface area contributed by atoms with Gasteiger partial charge in [0.05, 0.1) is 33.2 Å². The largest absolute Gasteiger partial charge is 0.493 e. The molecular weight excluding hydrogens is 352 g/mol. The minimum atomic E-state index is -0.302. The van der Waals surface area contributed by atoms with E-state index >= 15 is 0 Å². The SMILES string of the molecule is COc1cc(C(=O)Nc2ccc(Br)nc2)cc(OC)c1OC. The Hall–Kier alpha value is -2.28. The Labute approximate surface area is 136 Å². The number of hydrogen-bond donors (Lipinski definition) is 1. The Morgan fingerprint density at radius 2 is 1.73 bits per heavy atom. The van der Waals surface area contributed by atoms with Crippen LogP contribution in [0.3, 0.4) is 0 Å². The van der Waals surface area contributed by atoms with Crippen molar-refractivity contribution in [2.45, 2.75) is 0 Å². The average molecular weight is 367 g/mol. The minimum Gasteiger partial charge on any atom is -0.493 e. The van der Waals surface area contributed by atoms with Crippen LogP contribution in [0.2, 0.25) is 0 Å². The van der Waals surface area contributed by atoms with Crippen molar-refractivity contribution in [3.63, 3.8) is 0 Å². The van der Waals surface area contributed by atoms with Crippen LogP contribution in [0.25, 0.3) is 0 Å². The number of halogens is 1. The number of ether oxygens (including phenoxy) is 3. The maximum atomic E-state index is 12.3. The van der Waals surface area contributed by atoms with Crippen molar-refractivity contribution < 1.29 is 19.0 Å². The van der Waals surface area contributed by atoms with Gasteiger partial charge in [0.1, 0.15) is 4.60 Å². The number of rotatable bonds is 5. The molecule has 1 aromatic carbocycles. The van der Waals surface area contributed by atoms with Crippen molar-refractivity contribution in [2.75, 3.05) is 26.6 Å². The highest BCUT2D eigenvalue weighted by atomic mass is 79.9. The van der Waals surface area contributed by atoms with Crippen LogP contribution in [-0.2, 0) is 0 Å². The van der Waals surface area contributed by atoms with E-state index in [4.69, 9.17) is 14.2 Å². The quantitative estimate of drug-likeness (QED) is 0.823. The van der Waals surface area contributed by atoms with E-state index in [1.54, 1.807) is 30.5 Å². The molecule has 1 N–H and O–H groups in total. The van der Waals surface area contributed by atoms with Gasteiger partial charge in [0.15, 0.2) is 11.5 Å². The number of carbonyl (C=O) groups excluding carboxylic acids is 1. The van der Waals surface area contributed by atoms with Crippen molar-refractivity contribution in [3.05, 3.63) is 40.6 Å². The molecule has 22 heavy (non-hydrogen) atoms. The lowest BCUT2D eigenvalue weighted by molar-refractivity contribution is 0.102. The molecule has 1 heterocycles. The summed E-state index contributed by atoms with van der Waals surface area (Å²) in [5.74, 6) is 0.970. The Kier molecular flexibility index (Phi) is 5.21. The number of hydrogen-bond acceptors (Lipinski definition) is 5. The molecule has 1 aromatic heterocycles. The summed E-state index contributed by atoms with van der Waals surface area (Å²) in [7, 11) is 4.50. The summed E-state index contributed by atoms with van der Waals surface area (Å²) in [5.41, 5.74) is 0.972. The number of nitrogens with zero attached hydrogens (tertiary/aromatic N) is 1. The van der Waals surface area contributed by atoms with Gasteiger partial charge in [0.25, 0.3) is 5.91 Å². The normalized spacial score (nSPS) is 10.0. The molecule has 0 aliphatic rings. The van der Waals surface area contributed by atoms with Crippen molar-refractivity contribution >= 4 is 27.5 Å². The van der Waals surface area contributed by atoms with Crippen molar-refractivity contribution in [1.29, 1.82) is 0 Å². The summed E-state index contributed by atoms with van der Waals surface area (Å²) in [6.45, 7) is 0. The molecule has 0 saturated carbocycles. The fourth-order valence-electron chi connectivity index (χ4n) is 1.87. The first-order valence-electron chi connectivity index (χ1n) is 6.32. The van der Waals surface area contributed by atoms with E-state index in [1.165, 1.54) is 21.3 Å². The van der Waals surface area contributed by atoms with Crippen molar-refractivity contribution in [1.82, 2.24) is 4.98 Å². The highest BCUT2D eigenvalue weighted by Crippen LogP contribution is 2.38. The standard InChI is InChI=1S/C15H15BrN2O4/c1-20-11-6-9(7-12(21-2)14(11)22-3)15(19)18-10-4-5-13(16)17-8-10/h4-8H,1-3H3,(H,18,19). The Bertz CT molecular complexity index is 649. The van der Waals surface area contributed by atoms with Gasteiger partial charge >= 0.3 is 0 Å². The third-order valence-corrected chi connectivity index (χ3v) is 3.38. The van der Waals surface area contributed by atoms with E-state index in [9.17, 15) is 4.79 Å². The van der Waals surface area contributed by atoms with Gasteiger partial charge in [-0.1, -0.05) is 0 Å². The highest BCUT2D eigenvalue weighted by Gasteiger charge is 2.17. The molecule has 0 bridgehead atoms. The van der Waals surface area contributed by atoms with Gasteiger partial charge in [-0.2, -0.15) is 0 Å². The molecule has 0 aliphatic carbocycles. The molecule has 0 saturated heterocycles. The van der Waals surface area contributed by atoms with Gasteiger partial charge in [0.2, 0.25) is 5.75 Å². The summed E-state index contributed by atoms with van der Waals surface area (Å²) in [6, 6.07) is 6.66. The van der Waals surface area contributed by atoms with Gasteiger partial charge in [-0.05, 0) is 40.2 Å². The van der Waals surface area contributed by atoms with Gasteiger partial charge < -0.3 is 19.5 Å². The fourth-order valence-corrected chi connectivity index (χ4v) is 2.10. The summed E-state index contributed by atoms with van der Waals surface area (Å²) in [4.78, 5) is 16.4. The molecule has 0 fully saturated rings. The van der Waals surface area contributed by atoms with Crippen LogP contribution in [0.15, 0.2) is 35.1 Å². The van der Waals surface area contributed by atoms with E-state index in [2.05, 4.69) is 26.2 Å². The maximum Gasteiger partial charge on any atom is 0.255 e. The van der Waals surface area contributed by atoms with Gasteiger partial charge in [0, 0.05) is 5.56 Å². The Morgan fingerprint density at radius 1 is 1.09 bits per heavy atom. The molecule has 2 rings (SSSR count). The summed E-state index contributed by atoms with van der Waals surface area (Å²) in [6.07, 6.45) is 1.56. The number of carbonyl (C=O) groups is 1. The van der Waals surface area contributed by atoms with Crippen LogP contribution in [0.1, 0.15) is 10.4 Å². The molecule has 0 atom stereocenters. The first-order chi connectivity index (χ1) is 10.6. The molecule has 0 aliphatic heterocycles. The van der Waals surface area contributed by atoms with E-state index in [0.717, 1.165) is 0 Å². The van der Waals surface area contributed by atoms with Crippen LogP contribution >= 0.6 is 15.9 Å². The van der Waals surface area contributed by atoms with Crippen LogP contribution in [0.5, 0.6) is 17.2 Å². The lowest BCUT2D eigenvalue weighted by atomic mass is 10.1. The number of aromatic nitrogens is 1. The lowest BCUT2D eigenvalue weighted by Gasteiger charge is -2.14. The molecule has 0 radical (unpaired) electrons. The molecular formula is C15H15BrN2O4. The highest BCUT2D eigenvalue weighted by molar-refractivity contribution is 9.10. The van der Waals surface area contributed by atoms with Crippen LogP contribution in [0, 0.1) is 0 Å². The van der Waals surface area contributed by atoms with E-state index in [0.29, 0.717) is 33.1 Å². The maximum absolute atomic E-state index is 12.3. The molecule has 2 aromatic rings. The van der Waals surface area contributed by atoms with Crippen LogP contribution in [0.4, 0.5) is 5.69 Å². The first kappa shape index (κ1) is 16.1. The third kappa shape index (κ3) is 3.48. The Morgan fingerprint density at radius 3 is 2.18 bits per heavy atom. The van der Waals surface area contributed by atoms with E-state index < -0.39 is 0 Å². The van der Waals surface area contributed by atoms with Crippen molar-refractivity contribution in [3.8, 4) is 17.2 Å². The van der Waals surface area contributed by atoms with Gasteiger partial charge in [-0.25, -0.2) is 4.98 Å². The number of pyridine rings is 1. The fraction of sp³-hybridized carbons (Fsp3) is 0.200. The summed E-state index contributed by atoms with van der Waals surface area (Å²) < 4.78 is 16.4. The molecule has 7 heteroatoms. The third-order valence-electron chi connectivity index (χ3n) is 2.91. The minimum absolute atomic E-state index is 0.302. The predicted molar refractivity (Wildman–Crippen MR) is 86.0 cm³/mol. The topological polar surface area (TPSA) is 69.7 Å². The van der Waals surface area contributed by atoms with Gasteiger partial charge in [-0.15, -0.1) is 0 Å². The second-order valence-electron chi connectivity index (χ2n) is 4.24. The zero-order chi connectivity index (χ0) is 16.1. The monoisotopic (exact) mass is 366 g/mol. The number of amides is 1. The molecule has 6 nitrogen and oxygen atoms in total.